The standard InChI is InChI=1S/C90H156NO8P/c1-6-8-10-12-14-16-18-20-22-24-26-28-30-32-34-36-38-40-42-43-44-45-46-47-49-51-53-55-57-59-61-63-65-67-69-71-73-75-77-79-81-83-90(93)99-88(87-98-100(94,95)97-85-84-91(3,4)5)86-96-89(92)82-80-78-76-74-72-70-68-66-64-62-60-58-56-54-52-50-48-41-39-37-35-33-31-29-27-25-23-21-19-17-15-13-11-9-7-2/h8-11,14-17,20-23,26-29,32-35,38,40,43-44,88H,6-7,12-13,18-19,24-25,30-31,36-37,39,41-42,45-87H2,1-5H3/b10-8-,11-9-,16-14-,17-15-,22-20-,23-21-,28-26-,29-27-,34-32-,35-33-,40-38-,44-43-. The summed E-state index contributed by atoms with van der Waals surface area (Å²) in [5.41, 5.74) is 0. The van der Waals surface area contributed by atoms with Crippen LogP contribution in [0.15, 0.2) is 146 Å². The number of phosphoric acid groups is 1. The van der Waals surface area contributed by atoms with Crippen molar-refractivity contribution in [2.24, 2.45) is 0 Å². The summed E-state index contributed by atoms with van der Waals surface area (Å²) in [6.07, 6.45) is 117. The number of allylic oxidation sites excluding steroid dienone is 24. The van der Waals surface area contributed by atoms with Gasteiger partial charge in [-0.1, -0.05) is 378 Å². The molecule has 0 spiro atoms. The highest BCUT2D eigenvalue weighted by molar-refractivity contribution is 7.45. The van der Waals surface area contributed by atoms with Gasteiger partial charge in [0.2, 0.25) is 0 Å². The van der Waals surface area contributed by atoms with Crippen LogP contribution in [0.5, 0.6) is 0 Å². The minimum atomic E-state index is -4.65. The molecule has 0 N–H and O–H groups in total. The molecule has 2 atom stereocenters. The van der Waals surface area contributed by atoms with E-state index in [0.29, 0.717) is 17.4 Å². The zero-order valence-corrected chi connectivity index (χ0v) is 66.5. The van der Waals surface area contributed by atoms with Gasteiger partial charge in [0.25, 0.3) is 7.82 Å². The van der Waals surface area contributed by atoms with Crippen LogP contribution in [0.2, 0.25) is 0 Å². The van der Waals surface area contributed by atoms with Crippen LogP contribution in [0, 0.1) is 0 Å². The van der Waals surface area contributed by atoms with E-state index in [1.54, 1.807) is 0 Å². The van der Waals surface area contributed by atoms with Gasteiger partial charge in [-0.05, 0) is 116 Å². The molecule has 0 fully saturated rings. The van der Waals surface area contributed by atoms with Crippen LogP contribution in [0.1, 0.15) is 361 Å². The van der Waals surface area contributed by atoms with E-state index in [2.05, 4.69) is 160 Å². The monoisotopic (exact) mass is 1410 g/mol. The molecule has 0 aromatic carbocycles. The Kier molecular flexibility index (Phi) is 75.8. The molecule has 0 aliphatic heterocycles. The molecule has 0 aromatic rings. The van der Waals surface area contributed by atoms with Crippen molar-refractivity contribution in [1.82, 2.24) is 0 Å². The van der Waals surface area contributed by atoms with E-state index in [9.17, 15) is 19.0 Å². The number of unbranched alkanes of at least 4 members (excludes halogenated alkanes) is 38. The van der Waals surface area contributed by atoms with Gasteiger partial charge >= 0.3 is 11.9 Å². The average Bonchev–Trinajstić information content (AvgIpc) is 1.30. The Morgan fingerprint density at radius 3 is 0.800 bits per heavy atom. The Morgan fingerprint density at radius 2 is 0.540 bits per heavy atom. The topological polar surface area (TPSA) is 111 Å². The average molecular weight is 1410 g/mol. The minimum absolute atomic E-state index is 0.0330. The normalized spacial score (nSPS) is 13.8. The molecule has 0 amide bonds. The lowest BCUT2D eigenvalue weighted by Gasteiger charge is -2.28. The van der Waals surface area contributed by atoms with Crippen LogP contribution in [0.25, 0.3) is 0 Å². The number of phosphoric ester groups is 1. The van der Waals surface area contributed by atoms with Gasteiger partial charge in [0.05, 0.1) is 27.7 Å². The molecule has 0 aliphatic carbocycles. The van der Waals surface area contributed by atoms with Crippen molar-refractivity contribution in [3.8, 4) is 0 Å². The van der Waals surface area contributed by atoms with Gasteiger partial charge in [0, 0.05) is 12.8 Å². The Balaban J connectivity index is 3.94. The lowest BCUT2D eigenvalue weighted by Crippen LogP contribution is -2.37. The van der Waals surface area contributed by atoms with Crippen molar-refractivity contribution in [2.45, 2.75) is 367 Å². The molecule has 2 unspecified atom stereocenters. The second-order valence-electron chi connectivity index (χ2n) is 28.7. The first-order valence-corrected chi connectivity index (χ1v) is 43.0. The summed E-state index contributed by atoms with van der Waals surface area (Å²) in [4.78, 5) is 38.2. The van der Waals surface area contributed by atoms with Crippen molar-refractivity contribution < 1.29 is 42.1 Å². The van der Waals surface area contributed by atoms with Gasteiger partial charge in [-0.3, -0.25) is 14.2 Å². The first kappa shape index (κ1) is 95.9. The molecule has 574 valence electrons. The van der Waals surface area contributed by atoms with E-state index in [-0.39, 0.29) is 32.0 Å². The van der Waals surface area contributed by atoms with Crippen LogP contribution in [0.4, 0.5) is 0 Å². The summed E-state index contributed by atoms with van der Waals surface area (Å²) < 4.78 is 34.5. The Morgan fingerprint density at radius 1 is 0.310 bits per heavy atom. The lowest BCUT2D eigenvalue weighted by molar-refractivity contribution is -0.870. The minimum Gasteiger partial charge on any atom is -0.756 e. The van der Waals surface area contributed by atoms with E-state index < -0.39 is 26.5 Å². The zero-order chi connectivity index (χ0) is 72.5. The van der Waals surface area contributed by atoms with Crippen LogP contribution in [-0.4, -0.2) is 70.0 Å². The fraction of sp³-hybridized carbons (Fsp3) is 0.711. The molecule has 9 nitrogen and oxygen atoms in total. The van der Waals surface area contributed by atoms with Crippen molar-refractivity contribution in [2.75, 3.05) is 47.5 Å². The summed E-state index contributed by atoms with van der Waals surface area (Å²) in [6.45, 7) is 4.05. The highest BCUT2D eigenvalue weighted by Crippen LogP contribution is 2.38. The number of esters is 2. The van der Waals surface area contributed by atoms with Crippen LogP contribution >= 0.6 is 7.82 Å². The third-order valence-corrected chi connectivity index (χ3v) is 18.8. The first-order valence-electron chi connectivity index (χ1n) is 41.5. The summed E-state index contributed by atoms with van der Waals surface area (Å²) in [7, 11) is 1.17. The van der Waals surface area contributed by atoms with Crippen LogP contribution < -0.4 is 4.89 Å². The van der Waals surface area contributed by atoms with Gasteiger partial charge < -0.3 is 27.9 Å². The molecule has 100 heavy (non-hydrogen) atoms. The molecule has 0 saturated heterocycles. The Labute approximate surface area is 618 Å². The van der Waals surface area contributed by atoms with E-state index in [0.717, 1.165) is 116 Å². The maximum atomic E-state index is 12.9. The van der Waals surface area contributed by atoms with Gasteiger partial charge in [-0.15, -0.1) is 0 Å². The van der Waals surface area contributed by atoms with Crippen molar-refractivity contribution in [3.05, 3.63) is 146 Å². The number of nitrogens with zero attached hydrogens (tertiary/aromatic N) is 1. The fourth-order valence-electron chi connectivity index (χ4n) is 11.6. The molecule has 10 heteroatoms. The second-order valence-corrected chi connectivity index (χ2v) is 30.1. The van der Waals surface area contributed by atoms with Crippen LogP contribution in [0.3, 0.4) is 0 Å². The summed E-state index contributed by atoms with van der Waals surface area (Å²) in [5.74, 6) is -0.821. The maximum Gasteiger partial charge on any atom is 0.306 e. The van der Waals surface area contributed by atoms with Gasteiger partial charge in [-0.2, -0.15) is 0 Å². The molecular formula is C90H156NO8P. The molecule has 0 radical (unpaired) electrons. The summed E-state index contributed by atoms with van der Waals surface area (Å²) in [6, 6.07) is 0. The van der Waals surface area contributed by atoms with Gasteiger partial charge in [0.15, 0.2) is 6.10 Å². The van der Waals surface area contributed by atoms with Crippen molar-refractivity contribution >= 4 is 19.8 Å². The third kappa shape index (κ3) is 82.8. The molecular weight excluding hydrogens is 1250 g/mol. The predicted octanol–water partition coefficient (Wildman–Crippen LogP) is 27.4. The second kappa shape index (κ2) is 79.0. The predicted molar refractivity (Wildman–Crippen MR) is 434 cm³/mol. The molecule has 0 aromatic heterocycles. The highest BCUT2D eigenvalue weighted by atomic mass is 31.2. The van der Waals surface area contributed by atoms with Gasteiger partial charge in [-0.25, -0.2) is 0 Å². The number of hydrogen-bond acceptors (Lipinski definition) is 8. The van der Waals surface area contributed by atoms with Crippen molar-refractivity contribution in [1.29, 1.82) is 0 Å². The number of quaternary nitrogens is 1. The van der Waals surface area contributed by atoms with Crippen LogP contribution in [-0.2, 0) is 32.7 Å². The largest absolute Gasteiger partial charge is 0.756 e. The smallest absolute Gasteiger partial charge is 0.306 e. The highest BCUT2D eigenvalue weighted by Gasteiger charge is 2.22. The number of hydrogen-bond donors (Lipinski definition) is 0. The number of rotatable bonds is 76. The Hall–Kier alpha value is -4.11. The number of carbonyl (C=O) groups is 2. The first-order chi connectivity index (χ1) is 49.0. The number of ether oxygens (including phenoxy) is 2. The zero-order valence-electron chi connectivity index (χ0n) is 65.6. The van der Waals surface area contributed by atoms with E-state index in [4.69, 9.17) is 18.5 Å². The molecule has 0 heterocycles. The number of likely N-dealkylation sites (N-methyl/N-ethyl adjacent to an activating group) is 1. The lowest BCUT2D eigenvalue weighted by atomic mass is 10.0. The molecule has 0 bridgehead atoms. The van der Waals surface area contributed by atoms with E-state index in [1.165, 1.54) is 212 Å². The fourth-order valence-corrected chi connectivity index (χ4v) is 12.3. The molecule has 0 aliphatic rings. The van der Waals surface area contributed by atoms with Crippen molar-refractivity contribution in [3.63, 3.8) is 0 Å². The van der Waals surface area contributed by atoms with Gasteiger partial charge in [0.1, 0.15) is 19.8 Å². The molecule has 0 rings (SSSR count). The quantitative estimate of drug-likeness (QED) is 0.0195. The SMILES string of the molecule is CC/C=C\C/C=C\C/C=C\C/C=C\C/C=C\C/C=C\C/C=C\CCCCCCCCCCCCCCCCCCCCCC(=O)OC(COC(=O)CCCCCCCCCCCCCCCCCCCCC/C=C\C/C=C\C/C=C\C/C=C\C/C=C\CC)COP(=O)([O-])OCC[N+](C)(C)C. The molecule has 0 saturated carbocycles. The third-order valence-electron chi connectivity index (χ3n) is 17.9. The summed E-state index contributed by atoms with van der Waals surface area (Å²) in [5, 5.41) is 0. The summed E-state index contributed by atoms with van der Waals surface area (Å²) >= 11 is 0. The Bertz CT molecular complexity index is 2210. The van der Waals surface area contributed by atoms with E-state index in [1.807, 2.05) is 21.1 Å². The number of carbonyl (C=O) groups excluding carboxylic acids is 2. The van der Waals surface area contributed by atoms with E-state index >= 15 is 0 Å². The maximum absolute atomic E-state index is 12.9.